The van der Waals surface area contributed by atoms with E-state index in [1.807, 2.05) is 43.3 Å². The molecule has 1 N–H and O–H groups in total. The first-order valence-corrected chi connectivity index (χ1v) is 8.50. The number of methoxy groups -OCH3 is 1. The van der Waals surface area contributed by atoms with Crippen LogP contribution >= 0.6 is 11.8 Å². The molecule has 2 rings (SSSR count). The van der Waals surface area contributed by atoms with Gasteiger partial charge in [0.15, 0.2) is 11.5 Å². The third-order valence-electron chi connectivity index (χ3n) is 3.09. The van der Waals surface area contributed by atoms with E-state index in [9.17, 15) is 4.79 Å². The lowest BCUT2D eigenvalue weighted by atomic mass is 10.2. The van der Waals surface area contributed by atoms with Gasteiger partial charge in [-0.1, -0.05) is 18.2 Å². The number of hydrogen-bond acceptors (Lipinski definition) is 4. The van der Waals surface area contributed by atoms with E-state index >= 15 is 0 Å². The zero-order valence-corrected chi connectivity index (χ0v) is 14.2. The Morgan fingerprint density at radius 3 is 2.61 bits per heavy atom. The van der Waals surface area contributed by atoms with Gasteiger partial charge in [-0.3, -0.25) is 4.79 Å². The minimum atomic E-state index is -0.0142. The normalized spacial score (nSPS) is 10.2. The minimum Gasteiger partial charge on any atom is -0.493 e. The number of anilines is 1. The quantitative estimate of drug-likeness (QED) is 0.736. The molecule has 2 aromatic carbocycles. The van der Waals surface area contributed by atoms with Gasteiger partial charge in [-0.25, -0.2) is 0 Å². The largest absolute Gasteiger partial charge is 0.493 e. The Labute approximate surface area is 141 Å². The Bertz CT molecular complexity index is 631. The predicted molar refractivity (Wildman–Crippen MR) is 94.6 cm³/mol. The van der Waals surface area contributed by atoms with Gasteiger partial charge in [0, 0.05) is 28.8 Å². The first kappa shape index (κ1) is 17.2. The van der Waals surface area contributed by atoms with Crippen molar-refractivity contribution in [3.8, 4) is 11.5 Å². The summed E-state index contributed by atoms with van der Waals surface area (Å²) in [7, 11) is 1.58. The highest BCUT2D eigenvalue weighted by Crippen LogP contribution is 2.30. The average Bonchev–Trinajstić information content (AvgIpc) is 2.57. The van der Waals surface area contributed by atoms with E-state index in [1.165, 1.54) is 4.90 Å². The van der Waals surface area contributed by atoms with Crippen LogP contribution in [0.1, 0.15) is 13.3 Å². The summed E-state index contributed by atoms with van der Waals surface area (Å²) in [6.45, 7) is 2.48. The first-order valence-electron chi connectivity index (χ1n) is 7.51. The van der Waals surface area contributed by atoms with Crippen molar-refractivity contribution in [3.63, 3.8) is 0 Å². The van der Waals surface area contributed by atoms with Gasteiger partial charge >= 0.3 is 0 Å². The lowest BCUT2D eigenvalue weighted by Crippen LogP contribution is -2.12. The molecular weight excluding hydrogens is 310 g/mol. The van der Waals surface area contributed by atoms with Gasteiger partial charge in [0.25, 0.3) is 0 Å². The SMILES string of the molecule is CCOc1ccc(NC(=O)CCSc2ccccc2)cc1OC. The van der Waals surface area contributed by atoms with E-state index in [-0.39, 0.29) is 5.91 Å². The maximum absolute atomic E-state index is 12.0. The number of ether oxygens (including phenoxy) is 2. The van der Waals surface area contributed by atoms with E-state index in [0.717, 1.165) is 5.75 Å². The molecule has 4 nitrogen and oxygen atoms in total. The second-order valence-electron chi connectivity index (χ2n) is 4.76. The summed E-state index contributed by atoms with van der Waals surface area (Å²) in [4.78, 5) is 13.2. The summed E-state index contributed by atoms with van der Waals surface area (Å²) >= 11 is 1.67. The average molecular weight is 331 g/mol. The van der Waals surface area contributed by atoms with Crippen LogP contribution in [0.4, 0.5) is 5.69 Å². The number of nitrogens with one attached hydrogen (secondary N) is 1. The molecule has 2 aromatic rings. The zero-order valence-electron chi connectivity index (χ0n) is 13.4. The summed E-state index contributed by atoms with van der Waals surface area (Å²) in [6, 6.07) is 15.4. The number of hydrogen-bond donors (Lipinski definition) is 1. The molecular formula is C18H21NO3S. The third-order valence-corrected chi connectivity index (χ3v) is 4.10. The van der Waals surface area contributed by atoms with Crippen LogP contribution < -0.4 is 14.8 Å². The molecule has 0 saturated carbocycles. The molecule has 0 fully saturated rings. The van der Waals surface area contributed by atoms with Crippen LogP contribution in [-0.4, -0.2) is 25.4 Å². The standard InChI is InChI=1S/C18H21NO3S/c1-3-22-16-10-9-14(13-17(16)21-2)19-18(20)11-12-23-15-7-5-4-6-8-15/h4-10,13H,3,11-12H2,1-2H3,(H,19,20). The Balaban J connectivity index is 1.85. The molecule has 23 heavy (non-hydrogen) atoms. The minimum absolute atomic E-state index is 0.0142. The van der Waals surface area contributed by atoms with E-state index in [0.29, 0.717) is 30.2 Å². The van der Waals surface area contributed by atoms with Crippen LogP contribution in [0.25, 0.3) is 0 Å². The van der Waals surface area contributed by atoms with Crippen LogP contribution in [-0.2, 0) is 4.79 Å². The van der Waals surface area contributed by atoms with E-state index in [2.05, 4.69) is 5.32 Å². The molecule has 0 bridgehead atoms. The smallest absolute Gasteiger partial charge is 0.225 e. The summed E-state index contributed by atoms with van der Waals surface area (Å²) < 4.78 is 10.7. The van der Waals surface area contributed by atoms with Crippen molar-refractivity contribution < 1.29 is 14.3 Å². The molecule has 1 amide bonds. The summed E-state index contributed by atoms with van der Waals surface area (Å²) in [5.41, 5.74) is 0.708. The molecule has 0 aliphatic rings. The van der Waals surface area contributed by atoms with Gasteiger partial charge in [0.1, 0.15) is 0 Å². The summed E-state index contributed by atoms with van der Waals surface area (Å²) in [5.74, 6) is 2.01. The molecule has 0 saturated heterocycles. The Hall–Kier alpha value is -2.14. The van der Waals surface area contributed by atoms with Crippen molar-refractivity contribution in [1.29, 1.82) is 0 Å². The maximum Gasteiger partial charge on any atom is 0.225 e. The van der Waals surface area contributed by atoms with Crippen molar-refractivity contribution in [2.75, 3.05) is 24.8 Å². The number of amides is 1. The Kier molecular flexibility index (Phi) is 6.81. The molecule has 0 spiro atoms. The lowest BCUT2D eigenvalue weighted by Gasteiger charge is -2.11. The number of benzene rings is 2. The highest BCUT2D eigenvalue weighted by atomic mass is 32.2. The highest BCUT2D eigenvalue weighted by Gasteiger charge is 2.08. The molecule has 0 aliphatic carbocycles. The number of carbonyl (C=O) groups is 1. The fourth-order valence-corrected chi connectivity index (χ4v) is 2.89. The van der Waals surface area contributed by atoms with Crippen molar-refractivity contribution >= 4 is 23.4 Å². The van der Waals surface area contributed by atoms with Gasteiger partial charge < -0.3 is 14.8 Å². The Morgan fingerprint density at radius 2 is 1.91 bits per heavy atom. The van der Waals surface area contributed by atoms with Gasteiger partial charge in [-0.15, -0.1) is 11.8 Å². The number of thioether (sulfide) groups is 1. The Morgan fingerprint density at radius 1 is 1.13 bits per heavy atom. The molecule has 0 aromatic heterocycles. The van der Waals surface area contributed by atoms with E-state index in [4.69, 9.17) is 9.47 Å². The molecule has 0 unspecified atom stereocenters. The highest BCUT2D eigenvalue weighted by molar-refractivity contribution is 7.99. The van der Waals surface area contributed by atoms with Crippen LogP contribution in [0.2, 0.25) is 0 Å². The van der Waals surface area contributed by atoms with E-state index in [1.54, 1.807) is 31.0 Å². The predicted octanol–water partition coefficient (Wildman–Crippen LogP) is 4.21. The monoisotopic (exact) mass is 331 g/mol. The number of rotatable bonds is 8. The van der Waals surface area contributed by atoms with Crippen molar-refractivity contribution in [1.82, 2.24) is 0 Å². The van der Waals surface area contributed by atoms with Crippen molar-refractivity contribution in [2.45, 2.75) is 18.2 Å². The fraction of sp³-hybridized carbons (Fsp3) is 0.278. The summed E-state index contributed by atoms with van der Waals surface area (Å²) in [6.07, 6.45) is 0.453. The molecule has 0 aliphatic heterocycles. The molecule has 5 heteroatoms. The van der Waals surface area contributed by atoms with Crippen molar-refractivity contribution in [3.05, 3.63) is 48.5 Å². The number of carbonyl (C=O) groups excluding carboxylic acids is 1. The molecule has 0 heterocycles. The third kappa shape index (κ3) is 5.53. The fourth-order valence-electron chi connectivity index (χ4n) is 2.02. The molecule has 122 valence electrons. The summed E-state index contributed by atoms with van der Waals surface area (Å²) in [5, 5.41) is 2.88. The van der Waals surface area contributed by atoms with Crippen LogP contribution in [0.5, 0.6) is 11.5 Å². The van der Waals surface area contributed by atoms with Crippen LogP contribution in [0.3, 0.4) is 0 Å². The molecule has 0 radical (unpaired) electrons. The lowest BCUT2D eigenvalue weighted by molar-refractivity contribution is -0.115. The van der Waals surface area contributed by atoms with Crippen LogP contribution in [0.15, 0.2) is 53.4 Å². The van der Waals surface area contributed by atoms with Gasteiger partial charge in [-0.05, 0) is 31.2 Å². The topological polar surface area (TPSA) is 47.6 Å². The van der Waals surface area contributed by atoms with Crippen molar-refractivity contribution in [2.24, 2.45) is 0 Å². The second-order valence-corrected chi connectivity index (χ2v) is 5.93. The van der Waals surface area contributed by atoms with Gasteiger partial charge in [0.05, 0.1) is 13.7 Å². The molecule has 0 atom stereocenters. The second kappa shape index (κ2) is 9.10. The first-order chi connectivity index (χ1) is 11.2. The van der Waals surface area contributed by atoms with Crippen LogP contribution in [0, 0.1) is 0 Å². The van der Waals surface area contributed by atoms with Gasteiger partial charge in [0.2, 0.25) is 5.91 Å². The maximum atomic E-state index is 12.0. The zero-order chi connectivity index (χ0) is 16.5. The van der Waals surface area contributed by atoms with E-state index < -0.39 is 0 Å². The van der Waals surface area contributed by atoms with Gasteiger partial charge in [-0.2, -0.15) is 0 Å².